The SMILES string of the molecule is C[C@@]12C[C@H]3OC(=O)[C@@H]1COC14C(=O)O[C@]5(C12)C(O)(CCC1C4C=C[C@@]2(O)CC=CC(=O)[C@]12C)C(=O)O[C@@]35C. The first-order valence-corrected chi connectivity index (χ1v) is 13.4. The maximum Gasteiger partial charge on any atom is 0.343 e. The molecule has 202 valence electrons. The number of hydrogen-bond donors (Lipinski definition) is 2. The predicted molar refractivity (Wildman–Crippen MR) is 124 cm³/mol. The number of fused-ring (bicyclic) bond motifs is 5. The highest BCUT2D eigenvalue weighted by Crippen LogP contribution is 2.77. The third kappa shape index (κ3) is 1.89. The van der Waals surface area contributed by atoms with Gasteiger partial charge in [0.15, 0.2) is 17.0 Å². The van der Waals surface area contributed by atoms with Gasteiger partial charge in [-0.15, -0.1) is 0 Å². The van der Waals surface area contributed by atoms with Gasteiger partial charge in [-0.2, -0.15) is 0 Å². The molecule has 2 N–H and O–H groups in total. The lowest BCUT2D eigenvalue weighted by atomic mass is 9.39. The van der Waals surface area contributed by atoms with Crippen LogP contribution < -0.4 is 0 Å². The van der Waals surface area contributed by atoms with Crippen molar-refractivity contribution >= 4 is 23.7 Å². The van der Waals surface area contributed by atoms with E-state index >= 15 is 0 Å². The molecule has 2 saturated carbocycles. The van der Waals surface area contributed by atoms with Crippen LogP contribution in [0.3, 0.4) is 0 Å². The van der Waals surface area contributed by atoms with Crippen LogP contribution >= 0.6 is 0 Å². The van der Waals surface area contributed by atoms with Crippen LogP contribution in [0, 0.1) is 34.5 Å². The van der Waals surface area contributed by atoms with Gasteiger partial charge >= 0.3 is 17.9 Å². The van der Waals surface area contributed by atoms with Crippen molar-refractivity contribution in [2.24, 2.45) is 34.5 Å². The van der Waals surface area contributed by atoms with Crippen molar-refractivity contribution in [3.63, 3.8) is 0 Å². The normalized spacial score (nSPS) is 60.7. The van der Waals surface area contributed by atoms with Crippen LogP contribution in [0.25, 0.3) is 0 Å². The van der Waals surface area contributed by atoms with Crippen molar-refractivity contribution in [2.75, 3.05) is 6.61 Å². The number of allylic oxidation sites excluding steroid dienone is 1. The van der Waals surface area contributed by atoms with Crippen LogP contribution in [0.15, 0.2) is 24.3 Å². The highest BCUT2D eigenvalue weighted by molar-refractivity contribution is 5.98. The summed E-state index contributed by atoms with van der Waals surface area (Å²) in [6, 6.07) is 0. The zero-order valence-electron chi connectivity index (χ0n) is 21.4. The zero-order chi connectivity index (χ0) is 26.9. The number of hydrogen-bond acceptors (Lipinski definition) is 10. The second-order valence-corrected chi connectivity index (χ2v) is 13.3. The summed E-state index contributed by atoms with van der Waals surface area (Å²) in [5.74, 6) is -5.61. The van der Waals surface area contributed by atoms with Gasteiger partial charge in [0, 0.05) is 5.92 Å². The van der Waals surface area contributed by atoms with E-state index in [-0.39, 0.29) is 31.7 Å². The Balaban J connectivity index is 1.46. The Kier molecular flexibility index (Phi) is 3.75. The van der Waals surface area contributed by atoms with Gasteiger partial charge in [-0.3, -0.25) is 9.59 Å². The Hall–Kier alpha value is -2.56. The van der Waals surface area contributed by atoms with Crippen LogP contribution in [0.1, 0.15) is 46.5 Å². The molecule has 38 heavy (non-hydrogen) atoms. The first-order chi connectivity index (χ1) is 17.8. The molecule has 4 saturated heterocycles. The fourth-order valence-corrected chi connectivity index (χ4v) is 10.3. The van der Waals surface area contributed by atoms with Crippen LogP contribution in [0.5, 0.6) is 0 Å². The molecule has 4 aliphatic carbocycles. The third-order valence-corrected chi connectivity index (χ3v) is 12.3. The van der Waals surface area contributed by atoms with Crippen LogP contribution in [-0.4, -0.2) is 74.6 Å². The third-order valence-electron chi connectivity index (χ3n) is 12.3. The molecule has 8 rings (SSSR count). The largest absolute Gasteiger partial charge is 0.458 e. The number of ether oxygens (including phenoxy) is 4. The number of carbonyl (C=O) groups is 4. The van der Waals surface area contributed by atoms with E-state index < -0.39 is 86.5 Å². The lowest BCUT2D eigenvalue weighted by Crippen LogP contribution is -2.82. The fraction of sp³-hybridized carbons (Fsp3) is 0.714. The Morgan fingerprint density at radius 2 is 1.79 bits per heavy atom. The number of aliphatic hydroxyl groups is 2. The van der Waals surface area contributed by atoms with E-state index in [1.165, 1.54) is 6.08 Å². The monoisotopic (exact) mass is 526 g/mol. The van der Waals surface area contributed by atoms with Crippen LogP contribution in [-0.2, 0) is 38.1 Å². The molecule has 0 aromatic rings. The van der Waals surface area contributed by atoms with E-state index in [9.17, 15) is 29.4 Å². The topological polar surface area (TPSA) is 146 Å². The highest BCUT2D eigenvalue weighted by atomic mass is 16.7. The van der Waals surface area contributed by atoms with E-state index in [4.69, 9.17) is 18.9 Å². The summed E-state index contributed by atoms with van der Waals surface area (Å²) in [7, 11) is 0. The van der Waals surface area contributed by atoms with E-state index in [0.717, 1.165) is 0 Å². The van der Waals surface area contributed by atoms with Crippen LogP contribution in [0.2, 0.25) is 0 Å². The minimum Gasteiger partial charge on any atom is -0.458 e. The minimum atomic E-state index is -2.27. The van der Waals surface area contributed by atoms with Crippen molar-refractivity contribution in [1.82, 2.24) is 0 Å². The number of esters is 3. The summed E-state index contributed by atoms with van der Waals surface area (Å²) in [6.07, 6.45) is 5.98. The number of rotatable bonds is 0. The van der Waals surface area contributed by atoms with E-state index in [1.54, 1.807) is 32.1 Å². The molecule has 0 aromatic carbocycles. The van der Waals surface area contributed by atoms with Crippen molar-refractivity contribution in [1.29, 1.82) is 0 Å². The fourth-order valence-electron chi connectivity index (χ4n) is 10.3. The van der Waals surface area contributed by atoms with Crippen molar-refractivity contribution in [2.45, 2.75) is 80.6 Å². The zero-order valence-corrected chi connectivity index (χ0v) is 21.4. The molecule has 12 atom stereocenters. The average Bonchev–Trinajstić information content (AvgIpc) is 3.23. The van der Waals surface area contributed by atoms with Gasteiger partial charge in [0.25, 0.3) is 0 Å². The second kappa shape index (κ2) is 6.10. The Labute approximate surface area is 218 Å². The standard InChI is InChI=1S/C28H30O10/c1-22-11-17-24(3)28-19(22)27(21(32)38-28,35-12-15(22)18(30)36-17)14-6-9-25(33)8-4-5-16(29)23(25,2)13(14)7-10-26(28,34)20(31)37-24/h4-6,9,13-15,17,19,33-34H,7-8,10-12H2,1-3H3/t13?,14?,15-,17+,19?,22+,23-,24-,25-,26?,27?,28-/m0/s1. The van der Waals surface area contributed by atoms with E-state index in [0.29, 0.717) is 6.42 Å². The number of ketones is 1. The van der Waals surface area contributed by atoms with Crippen molar-refractivity contribution in [3.8, 4) is 0 Å². The predicted octanol–water partition coefficient (Wildman–Crippen LogP) is 0.528. The summed E-state index contributed by atoms with van der Waals surface area (Å²) in [6.45, 7) is 5.04. The molecule has 1 spiro atoms. The van der Waals surface area contributed by atoms with Gasteiger partial charge in [0.1, 0.15) is 6.10 Å². The molecular formula is C28H30O10. The second-order valence-electron chi connectivity index (χ2n) is 13.3. The van der Waals surface area contributed by atoms with Gasteiger partial charge in [-0.25, -0.2) is 9.59 Å². The molecule has 4 heterocycles. The molecule has 0 radical (unpaired) electrons. The first-order valence-electron chi connectivity index (χ1n) is 13.4. The minimum absolute atomic E-state index is 0.112. The molecular weight excluding hydrogens is 496 g/mol. The molecule has 10 nitrogen and oxygen atoms in total. The average molecular weight is 527 g/mol. The number of carbonyl (C=O) groups excluding carboxylic acids is 4. The first kappa shape index (κ1) is 23.3. The Bertz CT molecular complexity index is 1340. The Morgan fingerprint density at radius 3 is 2.55 bits per heavy atom. The van der Waals surface area contributed by atoms with Crippen LogP contribution in [0.4, 0.5) is 0 Å². The molecule has 0 amide bonds. The summed E-state index contributed by atoms with van der Waals surface area (Å²) in [5, 5.41) is 24.1. The lowest BCUT2D eigenvalue weighted by Gasteiger charge is -2.67. The smallest absolute Gasteiger partial charge is 0.343 e. The summed E-state index contributed by atoms with van der Waals surface area (Å²) in [5.41, 5.74) is -11.3. The van der Waals surface area contributed by atoms with Gasteiger partial charge in [0.05, 0.1) is 29.5 Å². The summed E-state index contributed by atoms with van der Waals surface area (Å²) >= 11 is 0. The molecule has 4 aliphatic heterocycles. The maximum atomic E-state index is 14.4. The van der Waals surface area contributed by atoms with Gasteiger partial charge in [0.2, 0.25) is 11.2 Å². The van der Waals surface area contributed by atoms with Gasteiger partial charge < -0.3 is 29.2 Å². The molecule has 5 unspecified atom stereocenters. The maximum absolute atomic E-state index is 14.4. The molecule has 0 aromatic heterocycles. The quantitative estimate of drug-likeness (QED) is 0.260. The molecule has 6 fully saturated rings. The summed E-state index contributed by atoms with van der Waals surface area (Å²) in [4.78, 5) is 54.9. The molecule has 4 bridgehead atoms. The molecule has 8 aliphatic rings. The van der Waals surface area contributed by atoms with Gasteiger partial charge in [-0.05, 0) is 56.9 Å². The summed E-state index contributed by atoms with van der Waals surface area (Å²) < 4.78 is 24.5. The van der Waals surface area contributed by atoms with Gasteiger partial charge in [-0.1, -0.05) is 25.2 Å². The van der Waals surface area contributed by atoms with E-state index in [1.807, 2.05) is 6.92 Å². The lowest BCUT2D eigenvalue weighted by molar-refractivity contribution is -0.331. The molecule has 10 heteroatoms. The van der Waals surface area contributed by atoms with Crippen molar-refractivity contribution in [3.05, 3.63) is 24.3 Å². The highest BCUT2D eigenvalue weighted by Gasteiger charge is 2.95. The van der Waals surface area contributed by atoms with Crippen molar-refractivity contribution < 1.29 is 48.3 Å². The van der Waals surface area contributed by atoms with E-state index in [2.05, 4.69) is 0 Å². The Morgan fingerprint density at radius 1 is 1.03 bits per heavy atom.